The Morgan fingerprint density at radius 2 is 2.14 bits per heavy atom. The van der Waals surface area contributed by atoms with E-state index in [0.717, 1.165) is 23.9 Å². The topological polar surface area (TPSA) is 67.4 Å². The average Bonchev–Trinajstić information content (AvgIpc) is 2.79. The van der Waals surface area contributed by atoms with Crippen molar-refractivity contribution in [2.24, 2.45) is 0 Å². The van der Waals surface area contributed by atoms with Gasteiger partial charge in [-0.1, -0.05) is 23.9 Å². The zero-order valence-electron chi connectivity index (χ0n) is 10.7. The van der Waals surface area contributed by atoms with Crippen molar-refractivity contribution < 1.29 is 27.5 Å². The summed E-state index contributed by atoms with van der Waals surface area (Å²) in [5, 5.41) is 3.97. The van der Waals surface area contributed by atoms with Gasteiger partial charge in [0.2, 0.25) is 5.44 Å². The van der Waals surface area contributed by atoms with Crippen LogP contribution in [0.25, 0.3) is 0 Å². The van der Waals surface area contributed by atoms with Crippen LogP contribution in [0.4, 0.5) is 18.0 Å². The maximum Gasteiger partial charge on any atom is 0.416 e. The van der Waals surface area contributed by atoms with Crippen LogP contribution in [0.1, 0.15) is 16.5 Å². The van der Waals surface area contributed by atoms with Crippen LogP contribution in [0.5, 0.6) is 0 Å². The summed E-state index contributed by atoms with van der Waals surface area (Å²) in [6.45, 7) is 0. The van der Waals surface area contributed by atoms with Crippen molar-refractivity contribution in [2.45, 2.75) is 17.0 Å². The summed E-state index contributed by atoms with van der Waals surface area (Å²) < 4.78 is 42.8. The van der Waals surface area contributed by atoms with Gasteiger partial charge in [0.1, 0.15) is 5.37 Å². The van der Waals surface area contributed by atoms with E-state index in [-0.39, 0.29) is 5.56 Å². The zero-order chi connectivity index (χ0) is 15.6. The highest BCUT2D eigenvalue weighted by atomic mass is 32.2. The van der Waals surface area contributed by atoms with E-state index in [9.17, 15) is 22.8 Å². The number of halogens is 3. The quantitative estimate of drug-likeness (QED) is 0.877. The molecule has 0 aromatic heterocycles. The number of thioether (sulfide) groups is 1. The summed E-state index contributed by atoms with van der Waals surface area (Å²) in [6.07, 6.45) is -5.24. The van der Waals surface area contributed by atoms with Crippen molar-refractivity contribution >= 4 is 23.8 Å². The molecule has 0 radical (unpaired) electrons. The first-order valence-electron chi connectivity index (χ1n) is 5.82. The van der Waals surface area contributed by atoms with Gasteiger partial charge in [0.05, 0.1) is 5.56 Å². The highest BCUT2D eigenvalue weighted by Gasteiger charge is 2.37. The van der Waals surface area contributed by atoms with Gasteiger partial charge in [0.15, 0.2) is 0 Å². The fourth-order valence-electron chi connectivity index (χ4n) is 1.69. The van der Waals surface area contributed by atoms with E-state index in [2.05, 4.69) is 10.6 Å². The summed E-state index contributed by atoms with van der Waals surface area (Å²) >= 11 is 0.924. The number of carbonyl (C=O) groups excluding carboxylic acids is 2. The van der Waals surface area contributed by atoms with Gasteiger partial charge in [-0.15, -0.1) is 0 Å². The van der Waals surface area contributed by atoms with Gasteiger partial charge >= 0.3 is 12.3 Å². The Balaban J connectivity index is 2.14. The molecule has 2 atom stereocenters. The minimum Gasteiger partial charge on any atom is -0.425 e. The molecule has 1 aromatic carbocycles. The standard InChI is InChI=1S/C12H11F3N2O3S/c1-16-11(19)20-10-8(18)17-9(21-10)6-3-2-4-7(5-6)12(13,14)15/h2-5,9-10H,1H3,(H,16,19)(H,17,18). The maximum absolute atomic E-state index is 12.7. The number of benzene rings is 1. The number of amides is 2. The largest absolute Gasteiger partial charge is 0.425 e. The molecular formula is C12H11F3N2O3S. The number of hydrogen-bond acceptors (Lipinski definition) is 4. The van der Waals surface area contributed by atoms with E-state index >= 15 is 0 Å². The molecule has 1 heterocycles. The summed E-state index contributed by atoms with van der Waals surface area (Å²) in [4.78, 5) is 22.7. The third kappa shape index (κ3) is 3.60. The smallest absolute Gasteiger partial charge is 0.416 e. The molecule has 0 spiro atoms. The van der Waals surface area contributed by atoms with Gasteiger partial charge in [-0.25, -0.2) is 4.79 Å². The lowest BCUT2D eigenvalue weighted by atomic mass is 10.1. The highest BCUT2D eigenvalue weighted by Crippen LogP contribution is 2.38. The Bertz CT molecular complexity index is 565. The molecule has 1 aliphatic rings. The Kier molecular flexibility index (Phi) is 4.31. The molecule has 1 aromatic rings. The third-order valence-corrected chi connectivity index (χ3v) is 3.90. The summed E-state index contributed by atoms with van der Waals surface area (Å²) in [5.74, 6) is -0.564. The number of alkyl carbamates (subject to hydrolysis) is 1. The molecule has 1 fully saturated rings. The second-order valence-electron chi connectivity index (χ2n) is 4.14. The molecule has 2 rings (SSSR count). The second kappa shape index (κ2) is 5.84. The van der Waals surface area contributed by atoms with Crippen LogP contribution in [0.3, 0.4) is 0 Å². The minimum atomic E-state index is -4.46. The SMILES string of the molecule is CNC(=O)OC1SC(c2cccc(C(F)(F)F)c2)NC1=O. The molecule has 0 aliphatic carbocycles. The molecule has 0 bridgehead atoms. The van der Waals surface area contributed by atoms with E-state index in [1.807, 2.05) is 0 Å². The van der Waals surface area contributed by atoms with E-state index in [0.29, 0.717) is 0 Å². The summed E-state index contributed by atoms with van der Waals surface area (Å²) in [5.41, 5.74) is -1.61. The van der Waals surface area contributed by atoms with Gasteiger partial charge in [-0.3, -0.25) is 4.79 Å². The number of ether oxygens (including phenoxy) is 1. The molecule has 5 nitrogen and oxygen atoms in total. The van der Waals surface area contributed by atoms with Crippen LogP contribution >= 0.6 is 11.8 Å². The predicted molar refractivity (Wildman–Crippen MR) is 69.2 cm³/mol. The molecule has 114 valence electrons. The molecule has 1 aliphatic heterocycles. The second-order valence-corrected chi connectivity index (χ2v) is 5.31. The van der Waals surface area contributed by atoms with Crippen molar-refractivity contribution in [3.8, 4) is 0 Å². The van der Waals surface area contributed by atoms with Crippen molar-refractivity contribution in [1.82, 2.24) is 10.6 Å². The number of carbonyl (C=O) groups is 2. The summed E-state index contributed by atoms with van der Waals surface area (Å²) in [6, 6.07) is 4.64. The van der Waals surface area contributed by atoms with E-state index < -0.39 is 34.6 Å². The van der Waals surface area contributed by atoms with E-state index in [1.165, 1.54) is 19.2 Å². The number of rotatable bonds is 2. The molecule has 1 saturated heterocycles. The van der Waals surface area contributed by atoms with Crippen molar-refractivity contribution in [3.05, 3.63) is 35.4 Å². The monoisotopic (exact) mass is 320 g/mol. The molecule has 2 amide bonds. The minimum absolute atomic E-state index is 0.284. The van der Waals surface area contributed by atoms with Crippen molar-refractivity contribution in [2.75, 3.05) is 7.05 Å². The van der Waals surface area contributed by atoms with Gasteiger partial charge in [0.25, 0.3) is 5.91 Å². The Morgan fingerprint density at radius 3 is 2.76 bits per heavy atom. The molecule has 2 unspecified atom stereocenters. The third-order valence-electron chi connectivity index (χ3n) is 2.68. The lowest BCUT2D eigenvalue weighted by molar-refractivity contribution is -0.137. The van der Waals surface area contributed by atoms with E-state index in [1.54, 1.807) is 0 Å². The Labute approximate surface area is 122 Å². The molecule has 0 saturated carbocycles. The van der Waals surface area contributed by atoms with Gasteiger partial charge < -0.3 is 15.4 Å². The first kappa shape index (κ1) is 15.5. The predicted octanol–water partition coefficient (Wildman–Crippen LogP) is 2.25. The van der Waals surface area contributed by atoms with Crippen LogP contribution < -0.4 is 10.6 Å². The van der Waals surface area contributed by atoms with Gasteiger partial charge in [0, 0.05) is 7.05 Å². The number of nitrogens with one attached hydrogen (secondary N) is 2. The zero-order valence-corrected chi connectivity index (χ0v) is 11.5. The van der Waals surface area contributed by atoms with E-state index in [4.69, 9.17) is 4.74 Å². The van der Waals surface area contributed by atoms with Crippen LogP contribution in [0.15, 0.2) is 24.3 Å². The van der Waals surface area contributed by atoms with Gasteiger partial charge in [-0.2, -0.15) is 13.2 Å². The molecule has 21 heavy (non-hydrogen) atoms. The summed E-state index contributed by atoms with van der Waals surface area (Å²) in [7, 11) is 1.34. The van der Waals surface area contributed by atoms with Gasteiger partial charge in [-0.05, 0) is 17.7 Å². The van der Waals surface area contributed by atoms with Crippen LogP contribution in [0, 0.1) is 0 Å². The fourth-order valence-corrected chi connectivity index (χ4v) is 2.76. The Morgan fingerprint density at radius 1 is 1.43 bits per heavy atom. The van der Waals surface area contributed by atoms with Crippen molar-refractivity contribution in [1.29, 1.82) is 0 Å². The molecule has 2 N–H and O–H groups in total. The Hall–Kier alpha value is -1.90. The highest BCUT2D eigenvalue weighted by molar-refractivity contribution is 8.01. The lowest BCUT2D eigenvalue weighted by Gasteiger charge is -2.13. The normalized spacial score (nSPS) is 21.8. The molecule has 9 heteroatoms. The first-order valence-corrected chi connectivity index (χ1v) is 6.77. The fraction of sp³-hybridized carbons (Fsp3) is 0.333. The maximum atomic E-state index is 12.7. The lowest BCUT2D eigenvalue weighted by Crippen LogP contribution is -2.31. The van der Waals surface area contributed by atoms with Crippen molar-refractivity contribution in [3.63, 3.8) is 0 Å². The number of alkyl halides is 3. The number of hydrogen-bond donors (Lipinski definition) is 2. The molecular weight excluding hydrogens is 309 g/mol. The van der Waals surface area contributed by atoms with Crippen LogP contribution in [-0.4, -0.2) is 24.5 Å². The van der Waals surface area contributed by atoms with Crippen LogP contribution in [0.2, 0.25) is 0 Å². The first-order chi connectivity index (χ1) is 9.81. The van der Waals surface area contributed by atoms with Crippen LogP contribution in [-0.2, 0) is 15.7 Å². The average molecular weight is 320 g/mol.